The molecule has 0 saturated carbocycles. The van der Waals surface area contributed by atoms with Crippen molar-refractivity contribution < 1.29 is 14.3 Å². The minimum atomic E-state index is -0.854. The monoisotopic (exact) mass is 343 g/mol. The van der Waals surface area contributed by atoms with E-state index in [4.69, 9.17) is 4.74 Å². The number of ether oxygens (including phenoxy) is 1. The molecular weight excluding hydrogens is 322 g/mol. The molecule has 2 aromatic rings. The van der Waals surface area contributed by atoms with Crippen molar-refractivity contribution in [2.24, 2.45) is 0 Å². The lowest BCUT2D eigenvalue weighted by molar-refractivity contribution is 0.0314. The standard InChI is InChI=1S/C19H21NO3S/c1-11-9-13(3)16(10-12(11)2)17(21)14(4)23-19(22)15-7-6-8-20-18(15)24-5/h6-10,14H,1-5H3/t14-/m1/s1. The molecule has 0 spiro atoms. The van der Waals surface area contributed by atoms with Crippen molar-refractivity contribution in [2.75, 3.05) is 6.26 Å². The van der Waals surface area contributed by atoms with E-state index >= 15 is 0 Å². The lowest BCUT2D eigenvalue weighted by Gasteiger charge is -2.15. The molecule has 4 nitrogen and oxygen atoms in total. The summed E-state index contributed by atoms with van der Waals surface area (Å²) in [6.07, 6.45) is 2.61. The molecule has 0 radical (unpaired) electrons. The number of hydrogen-bond donors (Lipinski definition) is 0. The van der Waals surface area contributed by atoms with E-state index in [2.05, 4.69) is 4.98 Å². The maximum atomic E-state index is 12.7. The van der Waals surface area contributed by atoms with Crippen LogP contribution in [0, 0.1) is 20.8 Å². The van der Waals surface area contributed by atoms with Crippen molar-refractivity contribution in [2.45, 2.75) is 38.8 Å². The van der Waals surface area contributed by atoms with Gasteiger partial charge in [-0.2, -0.15) is 0 Å². The summed E-state index contributed by atoms with van der Waals surface area (Å²) in [7, 11) is 0. The van der Waals surface area contributed by atoms with Gasteiger partial charge in [-0.15, -0.1) is 11.8 Å². The highest BCUT2D eigenvalue weighted by Gasteiger charge is 2.23. The zero-order chi connectivity index (χ0) is 17.9. The van der Waals surface area contributed by atoms with Crippen molar-refractivity contribution in [3.63, 3.8) is 0 Å². The Morgan fingerprint density at radius 1 is 1.08 bits per heavy atom. The predicted octanol–water partition coefficient (Wildman–Crippen LogP) is 4.16. The molecule has 1 atom stereocenters. The number of carbonyl (C=O) groups is 2. The van der Waals surface area contributed by atoms with Crippen molar-refractivity contribution in [3.8, 4) is 0 Å². The summed E-state index contributed by atoms with van der Waals surface area (Å²) in [5.74, 6) is -0.728. The predicted molar refractivity (Wildman–Crippen MR) is 95.9 cm³/mol. The topological polar surface area (TPSA) is 56.3 Å². The van der Waals surface area contributed by atoms with Crippen LogP contribution >= 0.6 is 11.8 Å². The van der Waals surface area contributed by atoms with Gasteiger partial charge in [-0.1, -0.05) is 6.07 Å². The van der Waals surface area contributed by atoms with Crippen molar-refractivity contribution in [1.82, 2.24) is 4.98 Å². The van der Waals surface area contributed by atoms with Gasteiger partial charge in [0.1, 0.15) is 5.03 Å². The second kappa shape index (κ2) is 7.62. The van der Waals surface area contributed by atoms with Gasteiger partial charge >= 0.3 is 5.97 Å². The molecule has 1 aromatic carbocycles. The van der Waals surface area contributed by atoms with Gasteiger partial charge in [-0.05, 0) is 68.8 Å². The van der Waals surface area contributed by atoms with Gasteiger partial charge in [0, 0.05) is 11.8 Å². The highest BCUT2D eigenvalue weighted by atomic mass is 32.2. The third-order valence-electron chi connectivity index (χ3n) is 3.94. The smallest absolute Gasteiger partial charge is 0.341 e. The van der Waals surface area contributed by atoms with Crippen LogP contribution in [-0.4, -0.2) is 29.1 Å². The first kappa shape index (κ1) is 18.2. The Balaban J connectivity index is 2.20. The van der Waals surface area contributed by atoms with Crippen LogP contribution in [0.25, 0.3) is 0 Å². The fourth-order valence-electron chi connectivity index (χ4n) is 2.43. The molecular formula is C19H21NO3S. The molecule has 2 rings (SSSR count). The maximum absolute atomic E-state index is 12.7. The van der Waals surface area contributed by atoms with E-state index in [1.165, 1.54) is 11.8 Å². The number of nitrogens with zero attached hydrogens (tertiary/aromatic N) is 1. The Morgan fingerprint density at radius 3 is 2.42 bits per heavy atom. The van der Waals surface area contributed by atoms with Crippen LogP contribution in [0.15, 0.2) is 35.5 Å². The van der Waals surface area contributed by atoms with Crippen LogP contribution in [0.3, 0.4) is 0 Å². The summed E-state index contributed by atoms with van der Waals surface area (Å²) < 4.78 is 5.38. The second-order valence-electron chi connectivity index (χ2n) is 5.72. The molecule has 0 aliphatic carbocycles. The molecule has 0 amide bonds. The molecule has 1 aromatic heterocycles. The van der Waals surface area contributed by atoms with Crippen LogP contribution in [0.2, 0.25) is 0 Å². The summed E-state index contributed by atoms with van der Waals surface area (Å²) in [6, 6.07) is 7.16. The molecule has 0 saturated heterocycles. The van der Waals surface area contributed by atoms with Gasteiger partial charge in [0.05, 0.1) is 5.56 Å². The number of rotatable bonds is 5. The fraction of sp³-hybridized carbons (Fsp3) is 0.316. The lowest BCUT2D eigenvalue weighted by atomic mass is 9.96. The van der Waals surface area contributed by atoms with E-state index in [-0.39, 0.29) is 5.78 Å². The number of ketones is 1. The van der Waals surface area contributed by atoms with Gasteiger partial charge in [0.2, 0.25) is 5.78 Å². The minimum Gasteiger partial charge on any atom is -0.451 e. The quantitative estimate of drug-likeness (QED) is 0.463. The van der Waals surface area contributed by atoms with E-state index in [9.17, 15) is 9.59 Å². The molecule has 1 heterocycles. The lowest BCUT2D eigenvalue weighted by Crippen LogP contribution is -2.25. The van der Waals surface area contributed by atoms with E-state index in [1.54, 1.807) is 25.3 Å². The van der Waals surface area contributed by atoms with Crippen molar-refractivity contribution in [1.29, 1.82) is 0 Å². The highest BCUT2D eigenvalue weighted by molar-refractivity contribution is 7.98. The third-order valence-corrected chi connectivity index (χ3v) is 4.66. The van der Waals surface area contributed by atoms with Gasteiger partial charge in [0.25, 0.3) is 0 Å². The maximum Gasteiger partial charge on any atom is 0.341 e. The number of thioether (sulfide) groups is 1. The molecule has 126 valence electrons. The normalized spacial score (nSPS) is 11.9. The number of aryl methyl sites for hydroxylation is 3. The van der Waals surface area contributed by atoms with Crippen molar-refractivity contribution in [3.05, 3.63) is 58.3 Å². The summed E-state index contributed by atoms with van der Waals surface area (Å²) >= 11 is 1.36. The average molecular weight is 343 g/mol. The molecule has 0 aliphatic rings. The first-order chi connectivity index (χ1) is 11.3. The summed E-state index contributed by atoms with van der Waals surface area (Å²) in [6.45, 7) is 7.46. The number of aromatic nitrogens is 1. The molecule has 0 fully saturated rings. The van der Waals surface area contributed by atoms with Crippen LogP contribution in [0.5, 0.6) is 0 Å². The van der Waals surface area contributed by atoms with E-state index in [1.807, 2.05) is 39.2 Å². The first-order valence-corrected chi connectivity index (χ1v) is 8.89. The number of carbonyl (C=O) groups excluding carboxylic acids is 2. The number of Topliss-reactive ketones (excluding diaryl/α,β-unsaturated/α-hetero) is 1. The van der Waals surface area contributed by atoms with Gasteiger partial charge in [-0.3, -0.25) is 4.79 Å². The second-order valence-corrected chi connectivity index (χ2v) is 6.52. The van der Waals surface area contributed by atoms with Gasteiger partial charge < -0.3 is 4.74 Å². The average Bonchev–Trinajstić information content (AvgIpc) is 2.57. The van der Waals surface area contributed by atoms with Gasteiger partial charge in [0.15, 0.2) is 6.10 Å². The number of hydrogen-bond acceptors (Lipinski definition) is 5. The van der Waals surface area contributed by atoms with E-state index < -0.39 is 12.1 Å². The Bertz CT molecular complexity index is 786. The number of esters is 1. The summed E-state index contributed by atoms with van der Waals surface area (Å²) in [4.78, 5) is 29.1. The molecule has 24 heavy (non-hydrogen) atoms. The Hall–Kier alpha value is -2.14. The number of benzene rings is 1. The summed E-state index contributed by atoms with van der Waals surface area (Å²) in [5, 5.41) is 0.588. The van der Waals surface area contributed by atoms with Crippen molar-refractivity contribution >= 4 is 23.5 Å². The van der Waals surface area contributed by atoms with Crippen LogP contribution in [0.1, 0.15) is 44.3 Å². The van der Waals surface area contributed by atoms with Crippen LogP contribution in [0.4, 0.5) is 0 Å². The summed E-state index contributed by atoms with van der Waals surface area (Å²) in [5.41, 5.74) is 4.03. The highest BCUT2D eigenvalue weighted by Crippen LogP contribution is 2.21. The first-order valence-electron chi connectivity index (χ1n) is 7.67. The van der Waals surface area contributed by atoms with Crippen LogP contribution in [-0.2, 0) is 4.74 Å². The molecule has 5 heteroatoms. The zero-order valence-corrected chi connectivity index (χ0v) is 15.4. The minimum absolute atomic E-state index is 0.196. The Kier molecular flexibility index (Phi) is 5.78. The largest absolute Gasteiger partial charge is 0.451 e. The fourth-order valence-corrected chi connectivity index (χ4v) is 2.97. The number of pyridine rings is 1. The molecule has 0 aliphatic heterocycles. The van der Waals surface area contributed by atoms with E-state index in [0.29, 0.717) is 16.2 Å². The molecule has 0 bridgehead atoms. The van der Waals surface area contributed by atoms with Gasteiger partial charge in [-0.25, -0.2) is 9.78 Å². The molecule has 0 unspecified atom stereocenters. The molecule has 0 N–H and O–H groups in total. The third kappa shape index (κ3) is 3.85. The zero-order valence-electron chi connectivity index (χ0n) is 14.5. The van der Waals surface area contributed by atoms with Crippen LogP contribution < -0.4 is 0 Å². The Morgan fingerprint density at radius 2 is 1.75 bits per heavy atom. The van der Waals surface area contributed by atoms with E-state index in [0.717, 1.165) is 16.7 Å². The SMILES string of the molecule is CSc1ncccc1C(=O)O[C@H](C)C(=O)c1cc(C)c(C)cc1C. The Labute approximate surface area is 146 Å².